The molecule has 2 heterocycles. The first kappa shape index (κ1) is 8.09. The van der Waals surface area contributed by atoms with Gasteiger partial charge in [-0.15, -0.1) is 0 Å². The van der Waals surface area contributed by atoms with Crippen LogP contribution < -0.4 is 5.32 Å². The van der Waals surface area contributed by atoms with Gasteiger partial charge in [-0.2, -0.15) is 0 Å². The molecule has 2 heteroatoms. The van der Waals surface area contributed by atoms with E-state index in [9.17, 15) is 4.79 Å². The summed E-state index contributed by atoms with van der Waals surface area (Å²) in [7, 11) is 0. The van der Waals surface area contributed by atoms with Crippen molar-refractivity contribution in [1.29, 1.82) is 0 Å². The number of amides is 1. The average molecular weight is 167 g/mol. The van der Waals surface area contributed by atoms with Crippen LogP contribution >= 0.6 is 0 Å². The summed E-state index contributed by atoms with van der Waals surface area (Å²) in [6, 6.07) is 0.444. The van der Waals surface area contributed by atoms with Crippen molar-refractivity contribution in [2.45, 2.75) is 39.7 Å². The summed E-state index contributed by atoms with van der Waals surface area (Å²) in [4.78, 5) is 11.3. The van der Waals surface area contributed by atoms with Crippen molar-refractivity contribution >= 4 is 5.91 Å². The van der Waals surface area contributed by atoms with Crippen LogP contribution in [0.5, 0.6) is 0 Å². The molecule has 0 aromatic heterocycles. The Balaban J connectivity index is 2.23. The maximum atomic E-state index is 11.3. The second kappa shape index (κ2) is 2.24. The normalized spacial score (nSPS) is 44.2. The average Bonchev–Trinajstić information content (AvgIpc) is 2.14. The van der Waals surface area contributed by atoms with Crippen LogP contribution in [-0.4, -0.2) is 11.9 Å². The molecule has 0 unspecified atom stereocenters. The van der Waals surface area contributed by atoms with E-state index in [1.807, 2.05) is 0 Å². The third kappa shape index (κ3) is 0.900. The zero-order chi connectivity index (χ0) is 8.93. The van der Waals surface area contributed by atoms with Crippen molar-refractivity contribution in [3.05, 3.63) is 0 Å². The standard InChI is InChI=1S/C10H17NO/c1-6-4-9(12)11-8-5-7(6)10(8,2)3/h6-8H,4-5H2,1-3H3,(H,11,12)/t6-,7+,8+/m1/s1. The van der Waals surface area contributed by atoms with E-state index in [1.165, 1.54) is 6.42 Å². The van der Waals surface area contributed by atoms with Crippen LogP contribution in [0.15, 0.2) is 0 Å². The number of carbonyl (C=O) groups excluding carboxylic acids is 1. The Morgan fingerprint density at radius 3 is 2.75 bits per heavy atom. The van der Waals surface area contributed by atoms with Gasteiger partial charge in [0.2, 0.25) is 5.91 Å². The van der Waals surface area contributed by atoms with Crippen molar-refractivity contribution in [3.8, 4) is 0 Å². The Hall–Kier alpha value is -0.530. The zero-order valence-electron chi connectivity index (χ0n) is 8.05. The summed E-state index contributed by atoms with van der Waals surface area (Å²) in [5.41, 5.74) is 0.339. The molecule has 0 aromatic rings. The van der Waals surface area contributed by atoms with E-state index < -0.39 is 0 Å². The third-order valence-corrected chi connectivity index (χ3v) is 3.87. The molecule has 3 aliphatic rings. The van der Waals surface area contributed by atoms with Crippen LogP contribution in [0, 0.1) is 17.3 Å². The minimum Gasteiger partial charge on any atom is -0.353 e. The van der Waals surface area contributed by atoms with Gasteiger partial charge in [-0.3, -0.25) is 4.79 Å². The molecule has 1 N–H and O–H groups in total. The predicted molar refractivity (Wildman–Crippen MR) is 47.6 cm³/mol. The zero-order valence-corrected chi connectivity index (χ0v) is 8.05. The highest BCUT2D eigenvalue weighted by atomic mass is 16.1. The number of hydrogen-bond acceptors (Lipinski definition) is 1. The molecule has 3 rings (SSSR count). The molecule has 2 bridgehead atoms. The smallest absolute Gasteiger partial charge is 0.220 e. The van der Waals surface area contributed by atoms with Crippen LogP contribution in [0.1, 0.15) is 33.6 Å². The maximum Gasteiger partial charge on any atom is 0.220 e. The summed E-state index contributed by atoms with van der Waals surface area (Å²) in [5, 5.41) is 3.09. The lowest BCUT2D eigenvalue weighted by molar-refractivity contribution is -0.122. The second-order valence-corrected chi connectivity index (χ2v) is 4.97. The lowest BCUT2D eigenvalue weighted by Gasteiger charge is -2.52. The lowest BCUT2D eigenvalue weighted by Crippen LogP contribution is -2.56. The molecule has 1 amide bonds. The van der Waals surface area contributed by atoms with Gasteiger partial charge in [-0.25, -0.2) is 0 Å². The predicted octanol–water partition coefficient (Wildman–Crippen LogP) is 1.56. The summed E-state index contributed by atoms with van der Waals surface area (Å²) < 4.78 is 0. The van der Waals surface area contributed by atoms with E-state index in [-0.39, 0.29) is 5.91 Å². The highest BCUT2D eigenvalue weighted by molar-refractivity contribution is 5.77. The van der Waals surface area contributed by atoms with Crippen molar-refractivity contribution in [3.63, 3.8) is 0 Å². The van der Waals surface area contributed by atoms with Gasteiger partial charge in [0, 0.05) is 12.5 Å². The molecule has 2 aliphatic heterocycles. The molecule has 2 saturated heterocycles. The molecule has 2 nitrogen and oxygen atoms in total. The number of rotatable bonds is 0. The molecule has 3 fully saturated rings. The number of carbonyl (C=O) groups is 1. The van der Waals surface area contributed by atoms with Crippen LogP contribution in [0.25, 0.3) is 0 Å². The minimum absolute atomic E-state index is 0.251. The fourth-order valence-electron chi connectivity index (χ4n) is 2.86. The number of nitrogens with one attached hydrogen (secondary N) is 1. The fourth-order valence-corrected chi connectivity index (χ4v) is 2.86. The molecular formula is C10H17NO. The van der Waals surface area contributed by atoms with E-state index in [0.717, 1.165) is 12.3 Å². The summed E-state index contributed by atoms with van der Waals surface area (Å²) >= 11 is 0. The van der Waals surface area contributed by atoms with Crippen molar-refractivity contribution in [2.75, 3.05) is 0 Å². The second-order valence-electron chi connectivity index (χ2n) is 4.97. The maximum absolute atomic E-state index is 11.3. The fraction of sp³-hybridized carbons (Fsp3) is 0.900. The molecule has 68 valence electrons. The Bertz CT molecular complexity index is 222. The molecular weight excluding hydrogens is 150 g/mol. The van der Waals surface area contributed by atoms with E-state index >= 15 is 0 Å². The highest BCUT2D eigenvalue weighted by Gasteiger charge is 2.52. The van der Waals surface area contributed by atoms with E-state index in [1.54, 1.807) is 0 Å². The van der Waals surface area contributed by atoms with E-state index in [0.29, 0.717) is 17.4 Å². The largest absolute Gasteiger partial charge is 0.353 e. The van der Waals surface area contributed by atoms with Crippen LogP contribution in [0.2, 0.25) is 0 Å². The summed E-state index contributed by atoms with van der Waals surface area (Å²) in [5.74, 6) is 1.57. The third-order valence-electron chi connectivity index (χ3n) is 3.87. The van der Waals surface area contributed by atoms with Crippen LogP contribution in [0.3, 0.4) is 0 Å². The lowest BCUT2D eigenvalue weighted by atomic mass is 9.55. The Labute approximate surface area is 73.7 Å². The van der Waals surface area contributed by atoms with E-state index in [2.05, 4.69) is 26.1 Å². The van der Waals surface area contributed by atoms with Crippen molar-refractivity contribution < 1.29 is 4.79 Å². The topological polar surface area (TPSA) is 29.1 Å². The van der Waals surface area contributed by atoms with Gasteiger partial charge in [-0.1, -0.05) is 20.8 Å². The van der Waals surface area contributed by atoms with Gasteiger partial charge in [0.25, 0.3) is 0 Å². The SMILES string of the molecule is C[C@@H]1CC(=O)N[C@H]2C[C@@H]1C2(C)C. The first-order valence-corrected chi connectivity index (χ1v) is 4.81. The van der Waals surface area contributed by atoms with Gasteiger partial charge >= 0.3 is 0 Å². The van der Waals surface area contributed by atoms with E-state index in [4.69, 9.17) is 0 Å². The molecule has 1 aliphatic carbocycles. The Morgan fingerprint density at radius 2 is 2.17 bits per heavy atom. The molecule has 12 heavy (non-hydrogen) atoms. The molecule has 3 atom stereocenters. The van der Waals surface area contributed by atoms with Crippen molar-refractivity contribution in [2.24, 2.45) is 17.3 Å². The van der Waals surface area contributed by atoms with Gasteiger partial charge in [0.15, 0.2) is 0 Å². The monoisotopic (exact) mass is 167 g/mol. The van der Waals surface area contributed by atoms with Gasteiger partial charge in [0.1, 0.15) is 0 Å². The Kier molecular flexibility index (Phi) is 1.51. The molecule has 0 aromatic carbocycles. The highest BCUT2D eigenvalue weighted by Crippen LogP contribution is 2.52. The Morgan fingerprint density at radius 1 is 1.50 bits per heavy atom. The minimum atomic E-state index is 0.251. The summed E-state index contributed by atoms with van der Waals surface area (Å²) in [6.07, 6.45) is 1.92. The molecule has 0 spiro atoms. The first-order valence-electron chi connectivity index (χ1n) is 4.81. The van der Waals surface area contributed by atoms with Gasteiger partial charge in [0.05, 0.1) is 0 Å². The quantitative estimate of drug-likeness (QED) is 0.583. The van der Waals surface area contributed by atoms with Crippen molar-refractivity contribution in [1.82, 2.24) is 5.32 Å². The first-order chi connectivity index (χ1) is 5.51. The number of fused-ring (bicyclic) bond motifs is 3. The summed E-state index contributed by atoms with van der Waals surface area (Å²) in [6.45, 7) is 6.75. The van der Waals surface area contributed by atoms with Crippen LogP contribution in [-0.2, 0) is 4.79 Å². The molecule has 1 saturated carbocycles. The van der Waals surface area contributed by atoms with Gasteiger partial charge in [-0.05, 0) is 23.7 Å². The van der Waals surface area contributed by atoms with Crippen LogP contribution in [0.4, 0.5) is 0 Å². The number of hydrogen-bond donors (Lipinski definition) is 1. The molecule has 0 radical (unpaired) electrons. The van der Waals surface area contributed by atoms with Gasteiger partial charge < -0.3 is 5.32 Å².